The van der Waals surface area contributed by atoms with E-state index < -0.39 is 21.8 Å². The van der Waals surface area contributed by atoms with Crippen LogP contribution in [-0.4, -0.2) is 20.7 Å². The number of anilines is 1. The summed E-state index contributed by atoms with van der Waals surface area (Å²) < 4.78 is 63.1. The van der Waals surface area contributed by atoms with E-state index in [-0.39, 0.29) is 36.0 Å². The quantitative estimate of drug-likeness (QED) is 0.908. The molecule has 1 heterocycles. The fourth-order valence-corrected chi connectivity index (χ4v) is 4.28. The molecule has 1 atom stereocenters. The zero-order valence-electron chi connectivity index (χ0n) is 10.8. The molecule has 20 heavy (non-hydrogen) atoms. The van der Waals surface area contributed by atoms with Crippen LogP contribution in [0.4, 0.5) is 18.9 Å². The Balaban J connectivity index is 2.48. The normalized spacial score (nSPS) is 22.2. The number of rotatable bonds is 2. The van der Waals surface area contributed by atoms with E-state index in [1.54, 1.807) is 6.92 Å². The van der Waals surface area contributed by atoms with Crippen molar-refractivity contribution < 1.29 is 21.6 Å². The number of alkyl halides is 3. The lowest BCUT2D eigenvalue weighted by atomic mass is 10.1. The van der Waals surface area contributed by atoms with Gasteiger partial charge in [0.05, 0.1) is 17.0 Å². The fourth-order valence-electron chi connectivity index (χ4n) is 2.32. The van der Waals surface area contributed by atoms with Crippen molar-refractivity contribution in [3.63, 3.8) is 0 Å². The third kappa shape index (κ3) is 2.76. The molecule has 0 radical (unpaired) electrons. The van der Waals surface area contributed by atoms with Crippen LogP contribution in [0, 0.1) is 5.92 Å². The smallest absolute Gasteiger partial charge is 0.326 e. The zero-order chi connectivity index (χ0) is 15.1. The highest BCUT2D eigenvalue weighted by Crippen LogP contribution is 2.35. The lowest BCUT2D eigenvalue weighted by molar-refractivity contribution is -0.137. The van der Waals surface area contributed by atoms with E-state index in [0.717, 1.165) is 16.4 Å². The molecule has 2 rings (SSSR count). The average Bonchev–Trinajstić information content (AvgIpc) is 2.60. The molecule has 1 fully saturated rings. The van der Waals surface area contributed by atoms with Gasteiger partial charge in [-0.05, 0) is 29.7 Å². The summed E-state index contributed by atoms with van der Waals surface area (Å²) in [4.78, 5) is 0. The molecule has 1 aromatic carbocycles. The van der Waals surface area contributed by atoms with Gasteiger partial charge in [-0.3, -0.25) is 4.31 Å². The standard InChI is InChI=1S/C12H15F3N2O2S/c1-8-6-17(20(18,19)7-8)11-3-2-10(12(13,14)15)4-9(11)5-16/h2-4,8H,5-7,16H2,1H3. The molecule has 4 nitrogen and oxygen atoms in total. The topological polar surface area (TPSA) is 63.4 Å². The number of nitrogens with zero attached hydrogens (tertiary/aromatic N) is 1. The van der Waals surface area contributed by atoms with Crippen molar-refractivity contribution in [3.05, 3.63) is 29.3 Å². The van der Waals surface area contributed by atoms with Gasteiger partial charge in [0, 0.05) is 13.1 Å². The number of halogens is 3. The summed E-state index contributed by atoms with van der Waals surface area (Å²) in [6, 6.07) is 2.97. The molecule has 2 N–H and O–H groups in total. The number of nitrogens with two attached hydrogens (primary N) is 1. The molecule has 112 valence electrons. The molecule has 0 aliphatic carbocycles. The summed E-state index contributed by atoms with van der Waals surface area (Å²) in [6.07, 6.45) is -4.47. The molecule has 1 aromatic rings. The number of hydrogen-bond donors (Lipinski definition) is 1. The van der Waals surface area contributed by atoms with Crippen LogP contribution in [0.3, 0.4) is 0 Å². The largest absolute Gasteiger partial charge is 0.416 e. The molecule has 0 bridgehead atoms. The molecule has 0 saturated carbocycles. The molecule has 0 amide bonds. The Bertz CT molecular complexity index is 614. The third-order valence-corrected chi connectivity index (χ3v) is 5.21. The maximum Gasteiger partial charge on any atom is 0.416 e. The van der Waals surface area contributed by atoms with E-state index in [9.17, 15) is 21.6 Å². The van der Waals surface area contributed by atoms with E-state index in [2.05, 4.69) is 0 Å². The van der Waals surface area contributed by atoms with Gasteiger partial charge in [0.15, 0.2) is 0 Å². The third-order valence-electron chi connectivity index (χ3n) is 3.20. The molecule has 8 heteroatoms. The zero-order valence-corrected chi connectivity index (χ0v) is 11.6. The van der Waals surface area contributed by atoms with E-state index in [4.69, 9.17) is 5.73 Å². The van der Waals surface area contributed by atoms with Gasteiger partial charge < -0.3 is 5.73 Å². The lowest BCUT2D eigenvalue weighted by Gasteiger charge is -2.21. The Hall–Kier alpha value is -1.28. The summed E-state index contributed by atoms with van der Waals surface area (Å²) in [7, 11) is -3.47. The van der Waals surface area contributed by atoms with Gasteiger partial charge in [0.2, 0.25) is 10.0 Å². The van der Waals surface area contributed by atoms with Crippen LogP contribution in [0.1, 0.15) is 18.1 Å². The Kier molecular flexibility index (Phi) is 3.72. The maximum absolute atomic E-state index is 12.7. The number of benzene rings is 1. The Morgan fingerprint density at radius 3 is 2.50 bits per heavy atom. The van der Waals surface area contributed by atoms with Crippen LogP contribution in [0.15, 0.2) is 18.2 Å². The second-order valence-corrected chi connectivity index (χ2v) is 6.90. The first-order chi connectivity index (χ1) is 9.15. The predicted molar refractivity (Wildman–Crippen MR) is 69.6 cm³/mol. The van der Waals surface area contributed by atoms with Crippen molar-refractivity contribution in [2.75, 3.05) is 16.6 Å². The van der Waals surface area contributed by atoms with Gasteiger partial charge in [-0.1, -0.05) is 6.92 Å². The second kappa shape index (κ2) is 4.92. The van der Waals surface area contributed by atoms with Crippen LogP contribution < -0.4 is 10.0 Å². The first-order valence-electron chi connectivity index (χ1n) is 6.06. The van der Waals surface area contributed by atoms with Crippen LogP contribution >= 0.6 is 0 Å². The summed E-state index contributed by atoms with van der Waals surface area (Å²) in [5.74, 6) is -0.0641. The van der Waals surface area contributed by atoms with Gasteiger partial charge in [0.25, 0.3) is 0 Å². The van der Waals surface area contributed by atoms with Gasteiger partial charge in [-0.2, -0.15) is 13.2 Å². The van der Waals surface area contributed by atoms with Crippen molar-refractivity contribution in [1.82, 2.24) is 0 Å². The Morgan fingerprint density at radius 1 is 1.40 bits per heavy atom. The molecule has 1 saturated heterocycles. The van der Waals surface area contributed by atoms with Crippen LogP contribution in [0.2, 0.25) is 0 Å². The van der Waals surface area contributed by atoms with E-state index in [1.807, 2.05) is 0 Å². The van der Waals surface area contributed by atoms with Gasteiger partial charge in [0.1, 0.15) is 0 Å². The summed E-state index contributed by atoms with van der Waals surface area (Å²) in [5, 5.41) is 0. The second-order valence-electron chi connectivity index (χ2n) is 4.96. The van der Waals surface area contributed by atoms with Crippen molar-refractivity contribution in [3.8, 4) is 0 Å². The van der Waals surface area contributed by atoms with Crippen LogP contribution in [0.25, 0.3) is 0 Å². The maximum atomic E-state index is 12.7. The highest BCUT2D eigenvalue weighted by atomic mass is 32.2. The fraction of sp³-hybridized carbons (Fsp3) is 0.500. The van der Waals surface area contributed by atoms with E-state index in [0.29, 0.717) is 0 Å². The first-order valence-corrected chi connectivity index (χ1v) is 7.66. The van der Waals surface area contributed by atoms with Crippen LogP contribution in [-0.2, 0) is 22.7 Å². The average molecular weight is 308 g/mol. The summed E-state index contributed by atoms with van der Waals surface area (Å²) >= 11 is 0. The van der Waals surface area contributed by atoms with Crippen molar-refractivity contribution in [2.24, 2.45) is 11.7 Å². The minimum absolute atomic E-state index is 0.00195. The molecular weight excluding hydrogens is 293 g/mol. The van der Waals surface area contributed by atoms with Crippen molar-refractivity contribution >= 4 is 15.7 Å². The predicted octanol–water partition coefficient (Wildman–Crippen LogP) is 1.95. The minimum atomic E-state index is -4.47. The minimum Gasteiger partial charge on any atom is -0.326 e. The monoisotopic (exact) mass is 308 g/mol. The van der Waals surface area contributed by atoms with Crippen molar-refractivity contribution in [1.29, 1.82) is 0 Å². The molecular formula is C12H15F3N2O2S. The SMILES string of the molecule is CC1CN(c2ccc(C(F)(F)F)cc2CN)S(=O)(=O)C1. The van der Waals surface area contributed by atoms with Gasteiger partial charge in [-0.25, -0.2) is 8.42 Å². The first kappa shape index (κ1) is 15.1. The Morgan fingerprint density at radius 2 is 2.05 bits per heavy atom. The number of hydrogen-bond acceptors (Lipinski definition) is 3. The highest BCUT2D eigenvalue weighted by Gasteiger charge is 2.36. The van der Waals surface area contributed by atoms with Gasteiger partial charge >= 0.3 is 6.18 Å². The molecule has 1 aliphatic rings. The molecule has 1 aliphatic heterocycles. The summed E-state index contributed by atoms with van der Waals surface area (Å²) in [5.41, 5.74) is 5.06. The lowest BCUT2D eigenvalue weighted by Crippen LogP contribution is -2.27. The number of sulfonamides is 1. The molecule has 0 aromatic heterocycles. The molecule has 0 spiro atoms. The van der Waals surface area contributed by atoms with E-state index in [1.165, 1.54) is 6.07 Å². The highest BCUT2D eigenvalue weighted by molar-refractivity contribution is 7.93. The van der Waals surface area contributed by atoms with Crippen LogP contribution in [0.5, 0.6) is 0 Å². The van der Waals surface area contributed by atoms with Crippen molar-refractivity contribution in [2.45, 2.75) is 19.6 Å². The molecule has 1 unspecified atom stereocenters. The Labute approximate surface area is 115 Å². The summed E-state index contributed by atoms with van der Waals surface area (Å²) in [6.45, 7) is 1.89. The van der Waals surface area contributed by atoms with Gasteiger partial charge in [-0.15, -0.1) is 0 Å². The van der Waals surface area contributed by atoms with E-state index >= 15 is 0 Å².